The molecule has 1 aliphatic rings. The monoisotopic (exact) mass is 275 g/mol. The molecule has 0 aromatic carbocycles. The van der Waals surface area contributed by atoms with E-state index < -0.39 is 0 Å². The number of nitrogens with one attached hydrogen (secondary N) is 3. The summed E-state index contributed by atoms with van der Waals surface area (Å²) in [5, 5.41) is 6.01. The lowest BCUT2D eigenvalue weighted by molar-refractivity contribution is -0.124. The number of fused-ring (bicyclic) bond motifs is 1. The topological polar surface area (TPSA) is 91.9 Å². The van der Waals surface area contributed by atoms with Gasteiger partial charge in [0, 0.05) is 25.6 Å². The van der Waals surface area contributed by atoms with Crippen LogP contribution in [0.15, 0.2) is 12.1 Å². The van der Waals surface area contributed by atoms with E-state index in [0.717, 1.165) is 17.9 Å². The number of carbonyl (C=O) groups excluding carboxylic acids is 1. The summed E-state index contributed by atoms with van der Waals surface area (Å²) in [5.74, 6) is 1.32. The van der Waals surface area contributed by atoms with E-state index in [9.17, 15) is 4.79 Å². The summed E-state index contributed by atoms with van der Waals surface area (Å²) in [6.45, 7) is 3.94. The highest BCUT2D eigenvalue weighted by Crippen LogP contribution is 2.15. The number of H-pyrrole nitrogens is 1. The number of imidazole rings is 1. The van der Waals surface area contributed by atoms with Crippen LogP contribution in [0.5, 0.6) is 5.88 Å². The summed E-state index contributed by atoms with van der Waals surface area (Å²) in [7, 11) is 0. The number of rotatable bonds is 4. The molecule has 0 saturated carbocycles. The zero-order valence-electron chi connectivity index (χ0n) is 11.3. The van der Waals surface area contributed by atoms with Crippen molar-refractivity contribution in [2.45, 2.75) is 19.4 Å². The predicted molar refractivity (Wildman–Crippen MR) is 73.6 cm³/mol. The minimum Gasteiger partial charge on any atom is -0.478 e. The molecule has 0 bridgehead atoms. The highest BCUT2D eigenvalue weighted by molar-refractivity contribution is 5.82. The van der Waals surface area contributed by atoms with Crippen LogP contribution in [-0.4, -0.2) is 46.6 Å². The maximum absolute atomic E-state index is 11.7. The Morgan fingerprint density at radius 2 is 2.25 bits per heavy atom. The normalized spacial score (nSPS) is 19.1. The van der Waals surface area contributed by atoms with E-state index in [2.05, 4.69) is 25.6 Å². The maximum atomic E-state index is 11.7. The molecule has 106 valence electrons. The Kier molecular flexibility index (Phi) is 3.51. The van der Waals surface area contributed by atoms with E-state index in [0.29, 0.717) is 31.1 Å². The van der Waals surface area contributed by atoms with Crippen LogP contribution in [0.3, 0.4) is 0 Å². The molecule has 1 amide bonds. The highest BCUT2D eigenvalue weighted by atomic mass is 16.5. The fourth-order valence-corrected chi connectivity index (χ4v) is 2.26. The van der Waals surface area contributed by atoms with Crippen molar-refractivity contribution in [1.29, 1.82) is 0 Å². The van der Waals surface area contributed by atoms with Crippen LogP contribution in [0.1, 0.15) is 12.7 Å². The van der Waals surface area contributed by atoms with Crippen molar-refractivity contribution in [1.82, 2.24) is 25.6 Å². The third-order valence-electron chi connectivity index (χ3n) is 3.19. The lowest BCUT2D eigenvalue weighted by Crippen LogP contribution is -2.53. The number of amides is 1. The van der Waals surface area contributed by atoms with E-state index in [-0.39, 0.29) is 11.9 Å². The van der Waals surface area contributed by atoms with Gasteiger partial charge in [-0.15, -0.1) is 0 Å². The first-order chi connectivity index (χ1) is 9.76. The number of nitrogens with zero attached hydrogens (tertiary/aromatic N) is 2. The zero-order valence-corrected chi connectivity index (χ0v) is 11.3. The summed E-state index contributed by atoms with van der Waals surface area (Å²) >= 11 is 0. The van der Waals surface area contributed by atoms with Crippen molar-refractivity contribution in [3.8, 4) is 5.88 Å². The summed E-state index contributed by atoms with van der Waals surface area (Å²) < 4.78 is 5.35. The van der Waals surface area contributed by atoms with Crippen LogP contribution in [0.25, 0.3) is 11.2 Å². The van der Waals surface area contributed by atoms with Gasteiger partial charge < -0.3 is 20.4 Å². The smallest absolute Gasteiger partial charge is 0.237 e. The van der Waals surface area contributed by atoms with Crippen LogP contribution in [0, 0.1) is 0 Å². The lowest BCUT2D eigenvalue weighted by Gasteiger charge is -2.22. The van der Waals surface area contributed by atoms with E-state index in [1.807, 2.05) is 13.0 Å². The molecule has 7 nitrogen and oxygen atoms in total. The molecule has 2 aromatic heterocycles. The van der Waals surface area contributed by atoms with Gasteiger partial charge in [-0.05, 0) is 13.0 Å². The minimum atomic E-state index is -0.240. The largest absolute Gasteiger partial charge is 0.478 e. The average molecular weight is 275 g/mol. The number of aromatic amines is 1. The van der Waals surface area contributed by atoms with Crippen LogP contribution in [0.2, 0.25) is 0 Å². The Hall–Kier alpha value is -2.15. The quantitative estimate of drug-likeness (QED) is 0.730. The molecule has 3 heterocycles. The first kappa shape index (κ1) is 12.9. The molecule has 3 rings (SSSR count). The van der Waals surface area contributed by atoms with E-state index in [1.54, 1.807) is 6.07 Å². The van der Waals surface area contributed by atoms with Gasteiger partial charge in [-0.2, -0.15) is 4.98 Å². The van der Waals surface area contributed by atoms with Crippen molar-refractivity contribution in [2.24, 2.45) is 0 Å². The van der Waals surface area contributed by atoms with Gasteiger partial charge in [0.25, 0.3) is 0 Å². The molecule has 0 spiro atoms. The van der Waals surface area contributed by atoms with Gasteiger partial charge in [0.05, 0.1) is 18.2 Å². The average Bonchev–Trinajstić information content (AvgIpc) is 2.83. The number of aromatic nitrogens is 3. The molecule has 7 heteroatoms. The Morgan fingerprint density at radius 1 is 1.35 bits per heavy atom. The maximum Gasteiger partial charge on any atom is 0.237 e. The second-order valence-corrected chi connectivity index (χ2v) is 4.64. The van der Waals surface area contributed by atoms with Gasteiger partial charge >= 0.3 is 0 Å². The molecule has 1 aliphatic heterocycles. The Balaban J connectivity index is 1.79. The summed E-state index contributed by atoms with van der Waals surface area (Å²) in [6, 6.07) is 3.45. The van der Waals surface area contributed by atoms with Gasteiger partial charge in [-0.25, -0.2) is 4.98 Å². The molecule has 0 aliphatic carbocycles. The molecule has 1 saturated heterocycles. The summed E-state index contributed by atoms with van der Waals surface area (Å²) in [4.78, 5) is 23.6. The molecule has 1 atom stereocenters. The Morgan fingerprint density at radius 3 is 3.05 bits per heavy atom. The number of hydrogen-bond acceptors (Lipinski definition) is 5. The third-order valence-corrected chi connectivity index (χ3v) is 3.19. The molecule has 1 unspecified atom stereocenters. The molecule has 1 fully saturated rings. The van der Waals surface area contributed by atoms with E-state index in [4.69, 9.17) is 4.74 Å². The Labute approximate surface area is 116 Å². The standard InChI is InChI=1S/C13H17N5O2/c1-2-20-11-4-3-8-12(18-11)17-10(16-8)7-9-13(19)15-6-5-14-9/h3-4,9,14H,2,5-7H2,1H3,(H,15,19)(H,16,17,18). The van der Waals surface area contributed by atoms with Crippen LogP contribution in [0.4, 0.5) is 0 Å². The summed E-state index contributed by atoms with van der Waals surface area (Å²) in [5.41, 5.74) is 1.46. The van der Waals surface area contributed by atoms with Crippen molar-refractivity contribution in [2.75, 3.05) is 19.7 Å². The van der Waals surface area contributed by atoms with Crippen molar-refractivity contribution < 1.29 is 9.53 Å². The number of ether oxygens (including phenoxy) is 1. The van der Waals surface area contributed by atoms with Gasteiger partial charge in [0.1, 0.15) is 5.82 Å². The van der Waals surface area contributed by atoms with Crippen LogP contribution < -0.4 is 15.4 Å². The molecule has 0 radical (unpaired) electrons. The second-order valence-electron chi connectivity index (χ2n) is 4.64. The molecule has 20 heavy (non-hydrogen) atoms. The minimum absolute atomic E-state index is 0.0136. The van der Waals surface area contributed by atoms with Gasteiger partial charge in [-0.3, -0.25) is 4.79 Å². The first-order valence-electron chi connectivity index (χ1n) is 6.76. The zero-order chi connectivity index (χ0) is 13.9. The number of piperazine rings is 1. The highest BCUT2D eigenvalue weighted by Gasteiger charge is 2.22. The van der Waals surface area contributed by atoms with Gasteiger partial charge in [0.15, 0.2) is 5.65 Å². The fourth-order valence-electron chi connectivity index (χ4n) is 2.26. The van der Waals surface area contributed by atoms with Crippen molar-refractivity contribution in [3.05, 3.63) is 18.0 Å². The molecule has 3 N–H and O–H groups in total. The number of hydrogen-bond donors (Lipinski definition) is 3. The molecular weight excluding hydrogens is 258 g/mol. The Bertz CT molecular complexity index is 624. The lowest BCUT2D eigenvalue weighted by atomic mass is 10.1. The van der Waals surface area contributed by atoms with Crippen molar-refractivity contribution >= 4 is 17.1 Å². The van der Waals surface area contributed by atoms with Crippen LogP contribution in [-0.2, 0) is 11.2 Å². The van der Waals surface area contributed by atoms with Gasteiger partial charge in [-0.1, -0.05) is 0 Å². The number of carbonyl (C=O) groups is 1. The fraction of sp³-hybridized carbons (Fsp3) is 0.462. The third kappa shape index (κ3) is 2.57. The SMILES string of the molecule is CCOc1ccc2[nH]c(CC3NCCNC3=O)nc2n1. The van der Waals surface area contributed by atoms with Crippen LogP contribution >= 0.6 is 0 Å². The summed E-state index contributed by atoms with van der Waals surface area (Å²) in [6.07, 6.45) is 0.520. The number of pyridine rings is 1. The first-order valence-corrected chi connectivity index (χ1v) is 6.76. The van der Waals surface area contributed by atoms with Crippen molar-refractivity contribution in [3.63, 3.8) is 0 Å². The predicted octanol–water partition coefficient (Wildman–Crippen LogP) is -0.0129. The van der Waals surface area contributed by atoms with Gasteiger partial charge in [0.2, 0.25) is 11.8 Å². The second kappa shape index (κ2) is 5.46. The van der Waals surface area contributed by atoms with E-state index in [1.165, 1.54) is 0 Å². The molecular formula is C13H17N5O2. The molecule has 2 aromatic rings. The van der Waals surface area contributed by atoms with E-state index >= 15 is 0 Å².